The Balaban J connectivity index is 1.87. The van der Waals surface area contributed by atoms with Crippen LogP contribution in [0.4, 0.5) is 8.28 Å². The van der Waals surface area contributed by atoms with Gasteiger partial charge in [0.25, 0.3) is 0 Å². The van der Waals surface area contributed by atoms with E-state index in [0.717, 1.165) is 25.7 Å². The molecule has 3 rings (SSSR count). The van der Waals surface area contributed by atoms with Crippen molar-refractivity contribution in [3.63, 3.8) is 0 Å². The van der Waals surface area contributed by atoms with Gasteiger partial charge in [-0.3, -0.25) is 4.79 Å². The highest BCUT2D eigenvalue weighted by Gasteiger charge is 2.44. The molecule has 0 bridgehead atoms. The molecule has 126 valence electrons. The first-order valence-electron chi connectivity index (χ1n) is 7.78. The van der Waals surface area contributed by atoms with Gasteiger partial charge in [-0.25, -0.2) is 4.39 Å². The van der Waals surface area contributed by atoms with Gasteiger partial charge in [-0.15, -0.1) is 3.89 Å². The molecule has 1 unspecified atom stereocenters. The van der Waals surface area contributed by atoms with E-state index in [1.54, 1.807) is 18.2 Å². The smallest absolute Gasteiger partial charge is 0.307 e. The van der Waals surface area contributed by atoms with Gasteiger partial charge in [0, 0.05) is 24.9 Å². The van der Waals surface area contributed by atoms with Crippen LogP contribution >= 0.6 is 0 Å². The van der Waals surface area contributed by atoms with Crippen LogP contribution in [0.1, 0.15) is 37.7 Å². The fourth-order valence-electron chi connectivity index (χ4n) is 3.90. The third kappa shape index (κ3) is 3.11. The Morgan fingerprint density at radius 2 is 1.87 bits per heavy atom. The van der Waals surface area contributed by atoms with Crippen molar-refractivity contribution in [2.75, 3.05) is 13.1 Å². The van der Waals surface area contributed by atoms with Crippen molar-refractivity contribution < 1.29 is 21.5 Å². The number of benzene rings is 1. The molecule has 4 nitrogen and oxygen atoms in total. The van der Waals surface area contributed by atoms with Crippen molar-refractivity contribution in [2.24, 2.45) is 0 Å². The molecule has 1 aromatic rings. The number of rotatable bonds is 4. The van der Waals surface area contributed by atoms with E-state index in [9.17, 15) is 21.5 Å². The predicted octanol–water partition coefficient (Wildman–Crippen LogP) is 2.54. The van der Waals surface area contributed by atoms with Gasteiger partial charge in [0.1, 0.15) is 11.1 Å². The molecule has 7 heteroatoms. The molecule has 1 saturated carbocycles. The molecule has 0 N–H and O–H groups in total. The van der Waals surface area contributed by atoms with Crippen LogP contribution in [0, 0.1) is 5.82 Å². The molecule has 1 atom stereocenters. The summed E-state index contributed by atoms with van der Waals surface area (Å²) in [5.41, 5.74) is 0.0625. The van der Waals surface area contributed by atoms with Crippen molar-refractivity contribution in [3.8, 4) is 0 Å². The van der Waals surface area contributed by atoms with Crippen LogP contribution in [0.25, 0.3) is 0 Å². The summed E-state index contributed by atoms with van der Waals surface area (Å²) < 4.78 is 49.6. The molecule has 0 radical (unpaired) electrons. The Morgan fingerprint density at radius 3 is 2.43 bits per heavy atom. The maximum absolute atomic E-state index is 14.3. The molecule has 1 aliphatic heterocycles. The molecule has 1 saturated heterocycles. The van der Waals surface area contributed by atoms with Crippen molar-refractivity contribution in [3.05, 3.63) is 35.6 Å². The zero-order valence-electron chi connectivity index (χ0n) is 12.7. The average Bonchev–Trinajstić information content (AvgIpc) is 3.08. The van der Waals surface area contributed by atoms with E-state index in [4.69, 9.17) is 0 Å². The zero-order valence-corrected chi connectivity index (χ0v) is 13.5. The van der Waals surface area contributed by atoms with Gasteiger partial charge in [-0.05, 0) is 24.5 Å². The van der Waals surface area contributed by atoms with Crippen LogP contribution < -0.4 is 0 Å². The lowest BCUT2D eigenvalue weighted by Gasteiger charge is -2.34. The van der Waals surface area contributed by atoms with E-state index in [1.165, 1.54) is 11.0 Å². The minimum Gasteiger partial charge on any atom is -0.340 e. The van der Waals surface area contributed by atoms with Gasteiger partial charge in [0.15, 0.2) is 0 Å². The van der Waals surface area contributed by atoms with E-state index in [0.29, 0.717) is 5.56 Å². The molecule has 23 heavy (non-hydrogen) atoms. The predicted molar refractivity (Wildman–Crippen MR) is 81.6 cm³/mol. The zero-order chi connectivity index (χ0) is 16.7. The van der Waals surface area contributed by atoms with E-state index < -0.39 is 20.9 Å². The van der Waals surface area contributed by atoms with E-state index in [2.05, 4.69) is 0 Å². The van der Waals surface area contributed by atoms with Crippen molar-refractivity contribution >= 4 is 16.1 Å². The quantitative estimate of drug-likeness (QED) is 0.790. The molecule has 0 spiro atoms. The number of nitrogens with zero attached hydrogens (tertiary/aromatic N) is 1. The monoisotopic (exact) mass is 343 g/mol. The van der Waals surface area contributed by atoms with Gasteiger partial charge >= 0.3 is 10.2 Å². The number of halogens is 2. The van der Waals surface area contributed by atoms with E-state index in [1.807, 2.05) is 0 Å². The van der Waals surface area contributed by atoms with Crippen molar-refractivity contribution in [1.29, 1.82) is 0 Å². The summed E-state index contributed by atoms with van der Waals surface area (Å²) in [7, 11) is -4.73. The SMILES string of the molecule is O=C1CC(S(=O)(=O)F)CN1CC1(c2ccccc2F)CCCC1. The summed E-state index contributed by atoms with van der Waals surface area (Å²) in [6.07, 6.45) is 3.02. The Morgan fingerprint density at radius 1 is 1.22 bits per heavy atom. The van der Waals surface area contributed by atoms with Crippen LogP contribution in [0.5, 0.6) is 0 Å². The fourth-order valence-corrected chi connectivity index (χ4v) is 4.60. The average molecular weight is 343 g/mol. The summed E-state index contributed by atoms with van der Waals surface area (Å²) in [4.78, 5) is 13.5. The normalized spacial score (nSPS) is 24.3. The largest absolute Gasteiger partial charge is 0.340 e. The van der Waals surface area contributed by atoms with E-state index >= 15 is 0 Å². The van der Waals surface area contributed by atoms with Crippen molar-refractivity contribution in [2.45, 2.75) is 42.8 Å². The van der Waals surface area contributed by atoms with Gasteiger partial charge in [-0.2, -0.15) is 8.42 Å². The Kier molecular flexibility index (Phi) is 4.16. The molecular weight excluding hydrogens is 324 g/mol. The maximum Gasteiger partial charge on any atom is 0.307 e. The summed E-state index contributed by atoms with van der Waals surface area (Å²) in [6, 6.07) is 6.51. The van der Waals surface area contributed by atoms with Crippen LogP contribution in [0.3, 0.4) is 0 Å². The lowest BCUT2D eigenvalue weighted by molar-refractivity contribution is -0.128. The van der Waals surface area contributed by atoms with Crippen LogP contribution in [-0.4, -0.2) is 37.6 Å². The first-order chi connectivity index (χ1) is 10.8. The number of hydrogen-bond acceptors (Lipinski definition) is 3. The second-order valence-corrected chi connectivity index (χ2v) is 8.16. The van der Waals surface area contributed by atoms with Gasteiger partial charge in [0.05, 0.1) is 0 Å². The first kappa shape index (κ1) is 16.4. The highest BCUT2D eigenvalue weighted by atomic mass is 32.3. The second kappa shape index (κ2) is 5.85. The number of carbonyl (C=O) groups excluding carboxylic acids is 1. The molecule has 2 fully saturated rings. The molecule has 0 aromatic heterocycles. The van der Waals surface area contributed by atoms with Crippen LogP contribution in [0.15, 0.2) is 24.3 Å². The van der Waals surface area contributed by atoms with Crippen LogP contribution in [0.2, 0.25) is 0 Å². The number of amides is 1. The Bertz CT molecular complexity index is 714. The number of hydrogen-bond donors (Lipinski definition) is 0. The summed E-state index contributed by atoms with van der Waals surface area (Å²) >= 11 is 0. The molecule has 1 heterocycles. The minimum atomic E-state index is -4.73. The van der Waals surface area contributed by atoms with Crippen molar-refractivity contribution in [1.82, 2.24) is 4.90 Å². The van der Waals surface area contributed by atoms with Gasteiger partial charge in [-0.1, -0.05) is 31.0 Å². The van der Waals surface area contributed by atoms with Gasteiger partial charge in [0.2, 0.25) is 5.91 Å². The highest BCUT2D eigenvalue weighted by molar-refractivity contribution is 7.87. The molecule has 1 aromatic carbocycles. The standard InChI is InChI=1S/C16H19F2NO3S/c17-14-6-2-1-5-13(14)16(7-3-4-8-16)11-19-10-12(9-15(19)20)23(18,21)22/h1-2,5-6,12H,3-4,7-11H2. The molecule has 1 aliphatic carbocycles. The number of carbonyl (C=O) groups is 1. The molecule has 2 aliphatic rings. The third-order valence-corrected chi connectivity index (χ3v) is 6.19. The summed E-state index contributed by atoms with van der Waals surface area (Å²) in [5, 5.41) is -1.30. The maximum atomic E-state index is 14.3. The third-order valence-electron chi connectivity index (χ3n) is 5.08. The van der Waals surface area contributed by atoms with E-state index in [-0.39, 0.29) is 31.2 Å². The fraction of sp³-hybridized carbons (Fsp3) is 0.562. The lowest BCUT2D eigenvalue weighted by Crippen LogP contribution is -2.41. The second-order valence-electron chi connectivity index (χ2n) is 6.54. The topological polar surface area (TPSA) is 54.5 Å². The molecular formula is C16H19F2NO3S. The first-order valence-corrected chi connectivity index (χ1v) is 9.23. The number of likely N-dealkylation sites (tertiary alicyclic amines) is 1. The summed E-state index contributed by atoms with van der Waals surface area (Å²) in [5.74, 6) is -0.686. The minimum absolute atomic E-state index is 0.145. The summed E-state index contributed by atoms with van der Waals surface area (Å²) in [6.45, 7) is 0.104. The van der Waals surface area contributed by atoms with Gasteiger partial charge < -0.3 is 4.90 Å². The highest BCUT2D eigenvalue weighted by Crippen LogP contribution is 2.43. The molecule has 1 amide bonds. The Hall–Kier alpha value is -1.50. The Labute approximate surface area is 134 Å². The lowest BCUT2D eigenvalue weighted by atomic mass is 9.78. The van der Waals surface area contributed by atoms with Crippen LogP contribution in [-0.2, 0) is 20.4 Å².